The fraction of sp³-hybridized carbons (Fsp3) is 0.321. The molecule has 178 valence electrons. The minimum atomic E-state index is -0.733. The number of nitrogen functional groups attached to an aromatic ring is 1. The molecule has 1 atom stereocenters. The van der Waals surface area contributed by atoms with E-state index in [9.17, 15) is 9.18 Å². The van der Waals surface area contributed by atoms with Crippen LogP contribution in [0.5, 0.6) is 0 Å². The highest BCUT2D eigenvalue weighted by Gasteiger charge is 2.25. The maximum absolute atomic E-state index is 13.8. The lowest BCUT2D eigenvalue weighted by molar-refractivity contribution is 0.103. The van der Waals surface area contributed by atoms with Crippen molar-refractivity contribution in [1.82, 2.24) is 14.7 Å². The number of rotatable bonds is 5. The Hall–Kier alpha value is -3.58. The first-order chi connectivity index (χ1) is 16.9. The van der Waals surface area contributed by atoms with Gasteiger partial charge in [-0.25, -0.2) is 9.07 Å². The largest absolute Gasteiger partial charge is 0.383 e. The van der Waals surface area contributed by atoms with Gasteiger partial charge in [-0.2, -0.15) is 5.10 Å². The average molecular weight is 470 g/mol. The second kappa shape index (κ2) is 8.57. The molecular weight excluding hydrogens is 441 g/mol. The molecular formula is C28H28FN5O. The molecule has 2 aromatic carbocycles. The van der Waals surface area contributed by atoms with E-state index < -0.39 is 6.17 Å². The molecule has 3 heterocycles. The van der Waals surface area contributed by atoms with Gasteiger partial charge in [0, 0.05) is 37.2 Å². The highest BCUT2D eigenvalue weighted by atomic mass is 19.1. The molecule has 3 aliphatic rings. The van der Waals surface area contributed by atoms with Crippen molar-refractivity contribution in [2.24, 2.45) is 4.99 Å². The van der Waals surface area contributed by atoms with Crippen molar-refractivity contribution in [3.8, 4) is 5.69 Å². The molecule has 0 spiro atoms. The summed E-state index contributed by atoms with van der Waals surface area (Å²) >= 11 is 0. The summed E-state index contributed by atoms with van der Waals surface area (Å²) in [4.78, 5) is 20.1. The van der Waals surface area contributed by atoms with Gasteiger partial charge in [-0.1, -0.05) is 18.2 Å². The summed E-state index contributed by atoms with van der Waals surface area (Å²) in [6, 6.07) is 12.2. The second-order valence-corrected chi connectivity index (χ2v) is 9.88. The number of nitrogens with two attached hydrogens (primary N) is 1. The number of hydrogen-bond donors (Lipinski definition) is 1. The van der Waals surface area contributed by atoms with Crippen molar-refractivity contribution in [2.45, 2.75) is 45.3 Å². The molecule has 6 nitrogen and oxygen atoms in total. The van der Waals surface area contributed by atoms with Gasteiger partial charge in [-0.15, -0.1) is 0 Å². The standard InChI is InChI=1S/C28H28FN5O/c1-17-9-21-13-24(6-7-26(21)32-17)34-28(30)25(14-31-34)27(35)22-11-19-5-4-18(10-20(19)12-22)15-33-8-2-3-23(29)16-33/h4-7,10,12-14,23H,2-3,8-9,11,15-16,30H2,1H3. The summed E-state index contributed by atoms with van der Waals surface area (Å²) in [5, 5.41) is 4.43. The van der Waals surface area contributed by atoms with E-state index in [0.717, 1.165) is 65.3 Å². The number of benzene rings is 2. The van der Waals surface area contributed by atoms with Crippen LogP contribution in [0, 0.1) is 0 Å². The smallest absolute Gasteiger partial charge is 0.194 e. The number of piperidine rings is 1. The summed E-state index contributed by atoms with van der Waals surface area (Å²) < 4.78 is 15.4. The van der Waals surface area contributed by atoms with Crippen molar-refractivity contribution in [2.75, 3.05) is 18.8 Å². The Balaban J connectivity index is 1.21. The number of fused-ring (bicyclic) bond motifs is 2. The predicted octanol–water partition coefficient (Wildman–Crippen LogP) is 4.86. The van der Waals surface area contributed by atoms with Gasteiger partial charge in [-0.05, 0) is 72.8 Å². The van der Waals surface area contributed by atoms with Crippen molar-refractivity contribution in [1.29, 1.82) is 0 Å². The third-order valence-electron chi connectivity index (χ3n) is 7.18. The first-order valence-electron chi connectivity index (χ1n) is 12.2. The van der Waals surface area contributed by atoms with E-state index in [0.29, 0.717) is 36.3 Å². The quantitative estimate of drug-likeness (QED) is 0.542. The lowest BCUT2D eigenvalue weighted by Gasteiger charge is -2.28. The lowest BCUT2D eigenvalue weighted by Crippen LogP contribution is -2.35. The topological polar surface area (TPSA) is 76.5 Å². The third-order valence-corrected chi connectivity index (χ3v) is 7.18. The van der Waals surface area contributed by atoms with Crippen LogP contribution in [-0.4, -0.2) is 45.4 Å². The number of Topliss-reactive ketones (excluding diaryl/α,β-unsaturated/α-hetero) is 1. The highest BCUT2D eigenvalue weighted by molar-refractivity contribution is 6.15. The van der Waals surface area contributed by atoms with E-state index in [4.69, 9.17) is 5.73 Å². The van der Waals surface area contributed by atoms with E-state index in [-0.39, 0.29) is 5.78 Å². The zero-order valence-corrected chi connectivity index (χ0v) is 19.8. The maximum Gasteiger partial charge on any atom is 0.194 e. The molecule has 3 aromatic rings. The van der Waals surface area contributed by atoms with E-state index >= 15 is 0 Å². The third kappa shape index (κ3) is 4.10. The molecule has 1 unspecified atom stereocenters. The average Bonchev–Trinajstić information content (AvgIpc) is 3.53. The van der Waals surface area contributed by atoms with E-state index in [1.54, 1.807) is 10.9 Å². The number of carbonyl (C=O) groups excluding carboxylic acids is 1. The fourth-order valence-corrected chi connectivity index (χ4v) is 5.42. The number of aromatic nitrogens is 2. The van der Waals surface area contributed by atoms with Gasteiger partial charge >= 0.3 is 0 Å². The van der Waals surface area contributed by atoms with Crippen LogP contribution in [-0.2, 0) is 19.4 Å². The SMILES string of the molecule is CC1=Nc2ccc(-n3ncc(C(=O)C4=Cc5cc(CN6CCCC(F)C6)ccc5C4)c3N)cc2C1. The Bertz CT molecular complexity index is 1400. The van der Waals surface area contributed by atoms with Gasteiger partial charge in [-0.3, -0.25) is 14.7 Å². The zero-order chi connectivity index (χ0) is 24.1. The van der Waals surface area contributed by atoms with Crippen molar-refractivity contribution in [3.05, 3.63) is 76.0 Å². The second-order valence-electron chi connectivity index (χ2n) is 9.88. The number of ketones is 1. The highest BCUT2D eigenvalue weighted by Crippen LogP contribution is 2.32. The molecule has 0 amide bonds. The van der Waals surface area contributed by atoms with E-state index in [2.05, 4.69) is 33.2 Å². The molecule has 2 N–H and O–H groups in total. The summed E-state index contributed by atoms with van der Waals surface area (Å²) in [5.74, 6) is 0.247. The molecule has 1 saturated heterocycles. The number of halogens is 1. The van der Waals surface area contributed by atoms with Gasteiger partial charge in [0.2, 0.25) is 0 Å². The number of nitrogens with zero attached hydrogens (tertiary/aromatic N) is 4. The summed E-state index contributed by atoms with van der Waals surface area (Å²) in [6.07, 6.45) is 5.74. The molecule has 35 heavy (non-hydrogen) atoms. The molecule has 1 aromatic heterocycles. The normalized spacial score (nSPS) is 19.3. The fourth-order valence-electron chi connectivity index (χ4n) is 5.42. The van der Waals surface area contributed by atoms with Crippen LogP contribution in [0.1, 0.15) is 52.4 Å². The first kappa shape index (κ1) is 21.9. The van der Waals surface area contributed by atoms with Crippen molar-refractivity contribution >= 4 is 29.1 Å². The Labute approximate surface area is 204 Å². The van der Waals surface area contributed by atoms with Crippen LogP contribution >= 0.6 is 0 Å². The van der Waals surface area contributed by atoms with Gasteiger partial charge in [0.1, 0.15) is 12.0 Å². The molecule has 7 heteroatoms. The molecule has 0 bridgehead atoms. The van der Waals surface area contributed by atoms with Crippen LogP contribution in [0.3, 0.4) is 0 Å². The molecule has 0 radical (unpaired) electrons. The minimum absolute atomic E-state index is 0.0943. The van der Waals surface area contributed by atoms with Gasteiger partial charge in [0.25, 0.3) is 0 Å². The Kier molecular flexibility index (Phi) is 5.37. The summed E-state index contributed by atoms with van der Waals surface area (Å²) in [7, 11) is 0. The number of allylic oxidation sites excluding steroid dienone is 1. The number of aliphatic imine (C=N–C) groups is 1. The van der Waals surface area contributed by atoms with Gasteiger partial charge in [0.05, 0.1) is 23.1 Å². The number of hydrogen-bond acceptors (Lipinski definition) is 5. The van der Waals surface area contributed by atoms with E-state index in [1.165, 1.54) is 0 Å². The van der Waals surface area contributed by atoms with E-state index in [1.807, 2.05) is 31.2 Å². The Morgan fingerprint density at radius 2 is 2.06 bits per heavy atom. The molecule has 2 aliphatic heterocycles. The van der Waals surface area contributed by atoms with Crippen LogP contribution in [0.2, 0.25) is 0 Å². The number of carbonyl (C=O) groups is 1. The van der Waals surface area contributed by atoms with Crippen molar-refractivity contribution < 1.29 is 9.18 Å². The lowest BCUT2D eigenvalue weighted by atomic mass is 10.0. The van der Waals surface area contributed by atoms with Crippen LogP contribution in [0.4, 0.5) is 15.9 Å². The minimum Gasteiger partial charge on any atom is -0.383 e. The summed E-state index contributed by atoms with van der Waals surface area (Å²) in [6.45, 7) is 4.17. The van der Waals surface area contributed by atoms with Crippen LogP contribution < -0.4 is 5.73 Å². The Morgan fingerprint density at radius 1 is 1.17 bits per heavy atom. The first-order valence-corrected chi connectivity index (χ1v) is 12.2. The molecule has 1 aliphatic carbocycles. The van der Waals surface area contributed by atoms with Crippen molar-refractivity contribution in [3.63, 3.8) is 0 Å². The summed E-state index contributed by atoms with van der Waals surface area (Å²) in [5.41, 5.74) is 14.9. The van der Waals surface area contributed by atoms with Gasteiger partial charge in [0.15, 0.2) is 5.78 Å². The molecule has 1 fully saturated rings. The molecule has 6 rings (SSSR count). The van der Waals surface area contributed by atoms with Crippen LogP contribution in [0.15, 0.2) is 53.2 Å². The number of alkyl halides is 1. The monoisotopic (exact) mass is 469 g/mol. The predicted molar refractivity (Wildman–Crippen MR) is 136 cm³/mol. The number of likely N-dealkylation sites (tertiary alicyclic amines) is 1. The number of anilines is 1. The Morgan fingerprint density at radius 3 is 2.91 bits per heavy atom. The maximum atomic E-state index is 13.8. The molecule has 0 saturated carbocycles. The van der Waals surface area contributed by atoms with Crippen LogP contribution in [0.25, 0.3) is 11.8 Å². The zero-order valence-electron chi connectivity index (χ0n) is 19.8. The van der Waals surface area contributed by atoms with Gasteiger partial charge < -0.3 is 5.73 Å².